The lowest BCUT2D eigenvalue weighted by Gasteiger charge is -2.35. The Labute approximate surface area is 302 Å². The van der Waals surface area contributed by atoms with Gasteiger partial charge < -0.3 is 15.4 Å². The Balaban J connectivity index is 1.40. The fourth-order valence-electron chi connectivity index (χ4n) is 6.49. The molecule has 288 valence electrons. The van der Waals surface area contributed by atoms with Gasteiger partial charge in [-0.2, -0.15) is 45.6 Å². The number of carbonyl (C=O) groups is 2. The molecule has 4 aromatic rings. The molecule has 0 spiro atoms. The second-order valence-corrected chi connectivity index (χ2v) is 14.2. The Bertz CT molecular complexity index is 2060. The maximum Gasteiger partial charge on any atom is 0.411 e. The van der Waals surface area contributed by atoms with Gasteiger partial charge >= 0.3 is 25.4 Å². The number of guanidine groups is 1. The number of carbonyl (C=O) groups excluding carboxylic acids is 2. The van der Waals surface area contributed by atoms with E-state index in [1.165, 1.54) is 6.20 Å². The summed E-state index contributed by atoms with van der Waals surface area (Å²) >= 11 is 0. The van der Waals surface area contributed by atoms with Gasteiger partial charge in [0.2, 0.25) is 0 Å². The Morgan fingerprint density at radius 3 is 2.28 bits per heavy atom. The van der Waals surface area contributed by atoms with Crippen molar-refractivity contribution < 1.29 is 49.4 Å². The number of aromatic nitrogens is 5. The van der Waals surface area contributed by atoms with Crippen LogP contribution >= 0.6 is 0 Å². The van der Waals surface area contributed by atoms with Gasteiger partial charge in [-0.3, -0.25) is 15.1 Å². The van der Waals surface area contributed by atoms with Gasteiger partial charge in [0.1, 0.15) is 29.8 Å². The van der Waals surface area contributed by atoms with Gasteiger partial charge in [-0.05, 0) is 53.5 Å². The summed E-state index contributed by atoms with van der Waals surface area (Å²) in [5.74, 6) is -2.92. The average Bonchev–Trinajstić information content (AvgIpc) is 3.40. The molecule has 3 N–H and O–H groups in total. The highest BCUT2D eigenvalue weighted by Gasteiger charge is 2.64. The highest BCUT2D eigenvalue weighted by molar-refractivity contribution is 6.08. The molecule has 12 nitrogen and oxygen atoms in total. The average molecular weight is 768 g/mol. The van der Waals surface area contributed by atoms with Crippen molar-refractivity contribution in [2.45, 2.75) is 76.4 Å². The van der Waals surface area contributed by atoms with Gasteiger partial charge in [-0.25, -0.2) is 18.9 Å². The van der Waals surface area contributed by atoms with Gasteiger partial charge in [0.15, 0.2) is 11.8 Å². The maximum absolute atomic E-state index is 15.2. The van der Waals surface area contributed by atoms with Gasteiger partial charge in [0.05, 0.1) is 17.8 Å². The van der Waals surface area contributed by atoms with E-state index in [2.05, 4.69) is 20.5 Å². The zero-order valence-electron chi connectivity index (χ0n) is 28.8. The molecule has 6 rings (SSSR count). The molecule has 2 aromatic carbocycles. The molecule has 2 amide bonds. The number of amides is 2. The van der Waals surface area contributed by atoms with Crippen LogP contribution in [0, 0.1) is 16.6 Å². The fraction of sp³-hybridized carbons (Fsp3) is 0.412. The Kier molecular flexibility index (Phi) is 9.68. The first-order chi connectivity index (χ1) is 25.2. The number of nitrogens with zero attached hydrogens (tertiary/aromatic N) is 6. The lowest BCUT2D eigenvalue weighted by molar-refractivity contribution is -0.164. The number of rotatable bonds is 11. The Morgan fingerprint density at radius 2 is 1.70 bits per heavy atom. The minimum atomic E-state index is -4.78. The Hall–Kier alpha value is -5.56. The predicted octanol–water partition coefficient (Wildman–Crippen LogP) is 7.30. The molecule has 20 heteroatoms. The van der Waals surface area contributed by atoms with Crippen LogP contribution in [0.1, 0.15) is 70.3 Å². The van der Waals surface area contributed by atoms with E-state index in [4.69, 9.17) is 10.1 Å². The van der Waals surface area contributed by atoms with E-state index in [-0.39, 0.29) is 29.5 Å². The third kappa shape index (κ3) is 7.20. The lowest BCUT2D eigenvalue weighted by Crippen LogP contribution is -2.49. The first-order valence-electron chi connectivity index (χ1n) is 16.4. The minimum absolute atomic E-state index is 0.0503. The smallest absolute Gasteiger partial charge is 0.411 e. The monoisotopic (exact) mass is 767 g/mol. The van der Waals surface area contributed by atoms with Gasteiger partial charge in [0, 0.05) is 11.8 Å². The third-order valence-corrected chi connectivity index (χ3v) is 9.16. The lowest BCUT2D eigenvalue weighted by atomic mass is 9.75. The first-order valence-corrected chi connectivity index (χ1v) is 16.4. The van der Waals surface area contributed by atoms with Crippen molar-refractivity contribution in [3.05, 3.63) is 78.1 Å². The van der Waals surface area contributed by atoms with Crippen LogP contribution in [0.4, 0.5) is 39.9 Å². The molecule has 1 aliphatic heterocycles. The van der Waals surface area contributed by atoms with Crippen LogP contribution in [-0.4, -0.2) is 65.7 Å². The van der Waals surface area contributed by atoms with Crippen molar-refractivity contribution in [1.29, 1.82) is 5.41 Å². The van der Waals surface area contributed by atoms with E-state index in [0.717, 1.165) is 35.6 Å². The van der Waals surface area contributed by atoms with Crippen LogP contribution in [0.15, 0.2) is 61.2 Å². The number of alkyl carbamates (subject to hydrolysis) is 1. The summed E-state index contributed by atoms with van der Waals surface area (Å²) in [6.45, 7) is -1.47. The standard InChI is InChI=1S/C34H33F8N9O3/c1-31(2,3)16-33(21-7-4-18(5-8-21)20-13-45-49(14-20)27(36)37)26(52)50(29(43)47-33)24(15-54-30(53)48-32(10-11-32)34(40,41)42)19-6-9-23(35)22(12-19)25-44-17-46-51(25)28(38)39/h4-9,12-14,17,24,27-28H,10-11,15-16H2,1-3H3,(H2,43,47)(H,48,53)/t24-,33-/m1/s1. The number of hydrogen-bond acceptors (Lipinski definition) is 7. The van der Waals surface area contributed by atoms with E-state index in [0.29, 0.717) is 21.4 Å². The normalized spacial score (nSPS) is 19.0. The van der Waals surface area contributed by atoms with Gasteiger partial charge in [0.25, 0.3) is 5.91 Å². The van der Waals surface area contributed by atoms with E-state index < -0.39 is 83.6 Å². The molecule has 1 aliphatic carbocycles. The molecule has 3 heterocycles. The summed E-state index contributed by atoms with van der Waals surface area (Å²) in [5, 5.41) is 20.8. The zero-order chi connectivity index (χ0) is 39.4. The first kappa shape index (κ1) is 38.2. The maximum atomic E-state index is 15.2. The molecular weight excluding hydrogens is 734 g/mol. The summed E-state index contributed by atoms with van der Waals surface area (Å²) in [6.07, 6.45) is -3.83. The minimum Gasteiger partial charge on any atom is -0.447 e. The molecule has 0 unspecified atom stereocenters. The summed E-state index contributed by atoms with van der Waals surface area (Å²) in [4.78, 5) is 32.2. The van der Waals surface area contributed by atoms with Crippen molar-refractivity contribution in [3.63, 3.8) is 0 Å². The highest BCUT2D eigenvalue weighted by Crippen LogP contribution is 2.49. The van der Waals surface area contributed by atoms with Crippen LogP contribution in [0.2, 0.25) is 0 Å². The second kappa shape index (κ2) is 13.7. The number of alkyl halides is 7. The molecule has 54 heavy (non-hydrogen) atoms. The molecule has 2 aliphatic rings. The van der Waals surface area contributed by atoms with E-state index in [1.807, 2.05) is 26.1 Å². The molecule has 0 radical (unpaired) electrons. The summed E-state index contributed by atoms with van der Waals surface area (Å²) in [5.41, 5.74) is -4.17. The van der Waals surface area contributed by atoms with Crippen molar-refractivity contribution in [3.8, 4) is 22.5 Å². The molecule has 1 saturated carbocycles. The number of ether oxygens (including phenoxy) is 1. The molecule has 0 bridgehead atoms. The van der Waals surface area contributed by atoms with Gasteiger partial charge in [-0.15, -0.1) is 0 Å². The second-order valence-electron chi connectivity index (χ2n) is 14.2. The topological polar surface area (TPSA) is 143 Å². The van der Waals surface area contributed by atoms with Crippen LogP contribution in [-0.2, 0) is 15.1 Å². The van der Waals surface area contributed by atoms with Crippen LogP contribution in [0.25, 0.3) is 22.5 Å². The van der Waals surface area contributed by atoms with E-state index in [9.17, 15) is 40.3 Å². The van der Waals surface area contributed by atoms with E-state index in [1.54, 1.807) is 24.3 Å². The number of nitrogens with one attached hydrogen (secondary N) is 3. The van der Waals surface area contributed by atoms with Crippen molar-refractivity contribution in [2.75, 3.05) is 6.61 Å². The van der Waals surface area contributed by atoms with Crippen LogP contribution < -0.4 is 10.6 Å². The Morgan fingerprint density at radius 1 is 1.02 bits per heavy atom. The third-order valence-electron chi connectivity index (χ3n) is 9.16. The SMILES string of the molecule is CC(C)(C)C[C@]1(c2ccc(-c3cnn(C(F)F)c3)cc2)NC(=N)N([C@H](COC(=O)NC2(C(F)(F)F)CC2)c2ccc(F)c(-c3ncnn3C(F)F)c2)C1=O. The number of benzene rings is 2. The largest absolute Gasteiger partial charge is 0.447 e. The quantitative estimate of drug-likeness (QED) is 0.136. The van der Waals surface area contributed by atoms with Gasteiger partial charge in [-0.1, -0.05) is 51.1 Å². The molecular formula is C34H33F8N9O3. The summed E-state index contributed by atoms with van der Waals surface area (Å²) < 4.78 is 116. The van der Waals surface area contributed by atoms with Crippen molar-refractivity contribution >= 4 is 18.0 Å². The zero-order valence-corrected chi connectivity index (χ0v) is 28.8. The van der Waals surface area contributed by atoms with E-state index >= 15 is 4.39 Å². The van der Waals surface area contributed by atoms with Crippen molar-refractivity contribution in [1.82, 2.24) is 40.1 Å². The molecule has 1 saturated heterocycles. The van der Waals surface area contributed by atoms with Crippen LogP contribution in [0.5, 0.6) is 0 Å². The van der Waals surface area contributed by atoms with Crippen molar-refractivity contribution in [2.24, 2.45) is 5.41 Å². The highest BCUT2D eigenvalue weighted by atomic mass is 19.4. The fourth-order valence-corrected chi connectivity index (χ4v) is 6.49. The number of hydrogen-bond donors (Lipinski definition) is 3. The predicted molar refractivity (Wildman–Crippen MR) is 174 cm³/mol. The summed E-state index contributed by atoms with van der Waals surface area (Å²) in [6, 6.07) is 7.79. The summed E-state index contributed by atoms with van der Waals surface area (Å²) in [7, 11) is 0. The molecule has 2 atom stereocenters. The molecule has 2 fully saturated rings. The number of halogens is 8. The molecule has 2 aromatic heterocycles. The van der Waals surface area contributed by atoms with Crippen LogP contribution in [0.3, 0.4) is 0 Å².